The first-order valence-electron chi connectivity index (χ1n) is 8.46. The van der Waals surface area contributed by atoms with Crippen LogP contribution >= 0.6 is 0 Å². The molecule has 0 bridgehead atoms. The first kappa shape index (κ1) is 20.5. The highest BCUT2D eigenvalue weighted by Gasteiger charge is 2.20. The quantitative estimate of drug-likeness (QED) is 0.662. The summed E-state index contributed by atoms with van der Waals surface area (Å²) in [4.78, 5) is 12.8. The summed E-state index contributed by atoms with van der Waals surface area (Å²) in [5.41, 5.74) is 1.80. The van der Waals surface area contributed by atoms with E-state index in [2.05, 4.69) is 15.1 Å². The maximum Gasteiger partial charge on any atom is 0.259 e. The molecule has 7 nitrogen and oxygen atoms in total. The Morgan fingerprint density at radius 1 is 1.07 bits per heavy atom. The fourth-order valence-corrected chi connectivity index (χ4v) is 3.44. The molecule has 3 rings (SSSR count). The highest BCUT2D eigenvalue weighted by atomic mass is 32.2. The molecule has 0 aliphatic rings. The Kier molecular flexibility index (Phi) is 5.38. The average molecular weight is 420 g/mol. The van der Waals surface area contributed by atoms with E-state index in [9.17, 15) is 22.0 Å². The van der Waals surface area contributed by atoms with Gasteiger partial charge < -0.3 is 5.32 Å². The molecular formula is C19H18F2N4O3S. The summed E-state index contributed by atoms with van der Waals surface area (Å²) in [6, 6.07) is 9.21. The molecule has 152 valence electrons. The van der Waals surface area contributed by atoms with E-state index in [0.29, 0.717) is 22.6 Å². The minimum atomic E-state index is -3.68. The van der Waals surface area contributed by atoms with Crippen molar-refractivity contribution < 1.29 is 22.0 Å². The molecule has 0 aliphatic carbocycles. The van der Waals surface area contributed by atoms with Gasteiger partial charge in [0.15, 0.2) is 0 Å². The van der Waals surface area contributed by atoms with Gasteiger partial charge in [-0.2, -0.15) is 5.10 Å². The van der Waals surface area contributed by atoms with Gasteiger partial charge in [-0.1, -0.05) is 0 Å². The van der Waals surface area contributed by atoms with Crippen molar-refractivity contribution in [1.29, 1.82) is 0 Å². The van der Waals surface area contributed by atoms with Gasteiger partial charge in [-0.15, -0.1) is 0 Å². The number of aromatic nitrogens is 2. The fourth-order valence-electron chi connectivity index (χ4n) is 2.88. The molecule has 29 heavy (non-hydrogen) atoms. The molecule has 0 fully saturated rings. The molecule has 1 heterocycles. The summed E-state index contributed by atoms with van der Waals surface area (Å²) in [7, 11) is -3.68. The third kappa shape index (κ3) is 4.60. The zero-order chi connectivity index (χ0) is 21.3. The summed E-state index contributed by atoms with van der Waals surface area (Å²) in [6.45, 7) is 3.35. The van der Waals surface area contributed by atoms with Crippen molar-refractivity contribution in [3.8, 4) is 5.69 Å². The molecule has 0 saturated heterocycles. The Labute approximate surface area is 166 Å². The molecule has 1 aromatic heterocycles. The van der Waals surface area contributed by atoms with Crippen LogP contribution in [0.1, 0.15) is 21.7 Å². The Morgan fingerprint density at radius 2 is 1.72 bits per heavy atom. The molecule has 0 atom stereocenters. The van der Waals surface area contributed by atoms with Gasteiger partial charge in [0.05, 0.1) is 34.6 Å². The first-order chi connectivity index (χ1) is 13.5. The number of anilines is 2. The molecule has 2 N–H and O–H groups in total. The normalized spacial score (nSPS) is 11.3. The second-order valence-corrected chi connectivity index (χ2v) is 8.21. The number of nitrogens with zero attached hydrogens (tertiary/aromatic N) is 2. The topological polar surface area (TPSA) is 93.1 Å². The van der Waals surface area contributed by atoms with Crippen LogP contribution in [-0.2, 0) is 10.0 Å². The van der Waals surface area contributed by atoms with Crippen LogP contribution in [0, 0.1) is 25.5 Å². The van der Waals surface area contributed by atoms with Crippen LogP contribution in [0.25, 0.3) is 5.69 Å². The minimum Gasteiger partial charge on any atom is -0.322 e. The Balaban J connectivity index is 1.90. The van der Waals surface area contributed by atoms with E-state index in [1.54, 1.807) is 26.0 Å². The molecule has 0 unspecified atom stereocenters. The number of carbonyl (C=O) groups is 1. The number of aryl methyl sites for hydroxylation is 1. The predicted molar refractivity (Wildman–Crippen MR) is 106 cm³/mol. The standard InChI is InChI=1S/C19H18F2N4O3S/c1-11-18(12(2)25(23-11)15-7-4-13(20)5-8-15)19(26)22-14-6-9-16(21)17(10-14)24-29(3,27)28/h4-10,24H,1-3H3,(H,22,26). The zero-order valence-corrected chi connectivity index (χ0v) is 16.6. The van der Waals surface area contributed by atoms with Crippen LogP contribution in [0.15, 0.2) is 42.5 Å². The highest BCUT2D eigenvalue weighted by molar-refractivity contribution is 7.92. The maximum atomic E-state index is 13.8. The predicted octanol–water partition coefficient (Wildman–Crippen LogP) is 3.39. The second kappa shape index (κ2) is 7.63. The summed E-state index contributed by atoms with van der Waals surface area (Å²) in [5.74, 6) is -1.65. The Bertz CT molecular complexity index is 1190. The van der Waals surface area contributed by atoms with E-state index in [1.807, 2.05) is 0 Å². The van der Waals surface area contributed by atoms with E-state index in [4.69, 9.17) is 0 Å². The van der Waals surface area contributed by atoms with Crippen molar-refractivity contribution >= 4 is 27.3 Å². The number of benzene rings is 2. The summed E-state index contributed by atoms with van der Waals surface area (Å²) in [6.07, 6.45) is 0.897. The van der Waals surface area contributed by atoms with Crippen molar-refractivity contribution in [3.05, 3.63) is 71.1 Å². The first-order valence-corrected chi connectivity index (χ1v) is 10.3. The third-order valence-corrected chi connectivity index (χ3v) is 4.70. The van der Waals surface area contributed by atoms with Crippen molar-refractivity contribution in [2.45, 2.75) is 13.8 Å². The number of amides is 1. The highest BCUT2D eigenvalue weighted by Crippen LogP contribution is 2.23. The van der Waals surface area contributed by atoms with Gasteiger partial charge in [-0.3, -0.25) is 9.52 Å². The van der Waals surface area contributed by atoms with Crippen LogP contribution in [0.5, 0.6) is 0 Å². The summed E-state index contributed by atoms with van der Waals surface area (Å²) >= 11 is 0. The van der Waals surface area contributed by atoms with E-state index in [1.165, 1.54) is 28.9 Å². The minimum absolute atomic E-state index is 0.205. The van der Waals surface area contributed by atoms with E-state index >= 15 is 0 Å². The van der Waals surface area contributed by atoms with Gasteiger partial charge in [-0.25, -0.2) is 21.9 Å². The van der Waals surface area contributed by atoms with Gasteiger partial charge >= 0.3 is 0 Å². The lowest BCUT2D eigenvalue weighted by atomic mass is 10.1. The van der Waals surface area contributed by atoms with Gasteiger partial charge in [0.1, 0.15) is 11.6 Å². The van der Waals surface area contributed by atoms with Crippen molar-refractivity contribution in [2.75, 3.05) is 16.3 Å². The number of nitrogens with one attached hydrogen (secondary N) is 2. The molecule has 1 amide bonds. The zero-order valence-electron chi connectivity index (χ0n) is 15.8. The van der Waals surface area contributed by atoms with Crippen molar-refractivity contribution in [3.63, 3.8) is 0 Å². The molecule has 3 aromatic rings. The van der Waals surface area contributed by atoms with E-state index in [-0.39, 0.29) is 17.2 Å². The molecule has 0 radical (unpaired) electrons. The second-order valence-electron chi connectivity index (χ2n) is 6.46. The molecular weight excluding hydrogens is 402 g/mol. The molecule has 0 saturated carbocycles. The molecule has 0 aliphatic heterocycles. The number of rotatable bonds is 5. The van der Waals surface area contributed by atoms with Crippen molar-refractivity contribution in [1.82, 2.24) is 9.78 Å². The Hall–Kier alpha value is -3.27. The lowest BCUT2D eigenvalue weighted by Crippen LogP contribution is -2.15. The fraction of sp³-hybridized carbons (Fsp3) is 0.158. The molecule has 10 heteroatoms. The van der Waals surface area contributed by atoms with Gasteiger partial charge in [-0.05, 0) is 56.3 Å². The summed E-state index contributed by atoms with van der Waals surface area (Å²) < 4.78 is 53.3. The van der Waals surface area contributed by atoms with E-state index < -0.39 is 21.7 Å². The number of hydrogen-bond acceptors (Lipinski definition) is 4. The smallest absolute Gasteiger partial charge is 0.259 e. The van der Waals surface area contributed by atoms with Gasteiger partial charge in [0, 0.05) is 5.69 Å². The lowest BCUT2D eigenvalue weighted by Gasteiger charge is -2.10. The number of halogens is 2. The van der Waals surface area contributed by atoms with Gasteiger partial charge in [0.2, 0.25) is 10.0 Å². The lowest BCUT2D eigenvalue weighted by molar-refractivity contribution is 0.102. The van der Waals surface area contributed by atoms with Crippen LogP contribution < -0.4 is 10.0 Å². The van der Waals surface area contributed by atoms with Crippen LogP contribution in [0.3, 0.4) is 0 Å². The number of hydrogen-bond donors (Lipinski definition) is 2. The average Bonchev–Trinajstić information content (AvgIpc) is 2.92. The van der Waals surface area contributed by atoms with Gasteiger partial charge in [0.25, 0.3) is 5.91 Å². The number of carbonyl (C=O) groups excluding carboxylic acids is 1. The number of sulfonamides is 1. The molecule has 0 spiro atoms. The SMILES string of the molecule is Cc1nn(-c2ccc(F)cc2)c(C)c1C(=O)Nc1ccc(F)c(NS(C)(=O)=O)c1. The van der Waals surface area contributed by atoms with Crippen LogP contribution in [0.2, 0.25) is 0 Å². The van der Waals surface area contributed by atoms with E-state index in [0.717, 1.165) is 12.3 Å². The molecule has 2 aromatic carbocycles. The largest absolute Gasteiger partial charge is 0.322 e. The monoisotopic (exact) mass is 420 g/mol. The third-order valence-electron chi connectivity index (χ3n) is 4.11. The maximum absolute atomic E-state index is 13.8. The van der Waals surface area contributed by atoms with Crippen molar-refractivity contribution in [2.24, 2.45) is 0 Å². The Morgan fingerprint density at radius 3 is 2.34 bits per heavy atom. The van der Waals surface area contributed by atoms with Crippen LogP contribution in [-0.4, -0.2) is 30.4 Å². The van der Waals surface area contributed by atoms with Crippen LogP contribution in [0.4, 0.5) is 20.2 Å². The summed E-state index contributed by atoms with van der Waals surface area (Å²) in [5, 5.41) is 6.95.